The number of hydrogen-bond donors (Lipinski definition) is 1. The van der Waals surface area contributed by atoms with Crippen molar-refractivity contribution in [3.05, 3.63) is 40.9 Å². The predicted octanol–water partition coefficient (Wildman–Crippen LogP) is 3.07. The summed E-state index contributed by atoms with van der Waals surface area (Å²) in [7, 11) is 1.88. The summed E-state index contributed by atoms with van der Waals surface area (Å²) < 4.78 is 15.2. The molecule has 0 aliphatic rings. The summed E-state index contributed by atoms with van der Waals surface area (Å²) in [4.78, 5) is 4.11. The molecule has 0 radical (unpaired) electrons. The lowest BCUT2D eigenvalue weighted by Gasteiger charge is -2.06. The van der Waals surface area contributed by atoms with Crippen molar-refractivity contribution < 1.29 is 4.39 Å². The molecule has 2 aromatic rings. The fourth-order valence-electron chi connectivity index (χ4n) is 1.19. The van der Waals surface area contributed by atoms with E-state index in [9.17, 15) is 4.39 Å². The van der Waals surface area contributed by atoms with Gasteiger partial charge in [-0.25, -0.2) is 9.37 Å². The molecular weight excluding hydrogens is 261 g/mol. The number of imidazole rings is 1. The van der Waals surface area contributed by atoms with Gasteiger partial charge in [-0.3, -0.25) is 0 Å². The average molecular weight is 270 g/mol. The number of benzene rings is 1. The van der Waals surface area contributed by atoms with Crippen LogP contribution < -0.4 is 5.32 Å². The minimum atomic E-state index is -0.277. The van der Waals surface area contributed by atoms with Crippen molar-refractivity contribution in [3.8, 4) is 0 Å². The first-order valence-corrected chi connectivity index (χ1v) is 5.15. The second kappa shape index (κ2) is 4.02. The molecule has 1 heterocycles. The third kappa shape index (κ3) is 2.18. The summed E-state index contributed by atoms with van der Waals surface area (Å²) >= 11 is 3.13. The number of halogens is 2. The quantitative estimate of drug-likeness (QED) is 0.908. The van der Waals surface area contributed by atoms with Gasteiger partial charge in [0, 0.05) is 25.1 Å². The number of aromatic nitrogens is 2. The first-order chi connectivity index (χ1) is 7.16. The second-order valence-electron chi connectivity index (χ2n) is 3.12. The van der Waals surface area contributed by atoms with Crippen LogP contribution in [0, 0.1) is 5.82 Å². The third-order valence-corrected chi connectivity index (χ3v) is 2.60. The number of nitrogens with zero attached hydrogens (tertiary/aromatic N) is 2. The van der Waals surface area contributed by atoms with Gasteiger partial charge in [0.05, 0.1) is 4.47 Å². The van der Waals surface area contributed by atoms with Crippen LogP contribution in [0.3, 0.4) is 0 Å². The molecule has 1 aromatic heterocycles. The van der Waals surface area contributed by atoms with Crippen LogP contribution in [-0.4, -0.2) is 9.55 Å². The molecular formula is C10H9BrFN3. The standard InChI is InChI=1S/C10H9BrFN3/c1-15-5-4-13-10(15)14-7-2-3-9(12)8(11)6-7/h2-6H,1H3,(H,13,14). The molecule has 78 valence electrons. The fraction of sp³-hybridized carbons (Fsp3) is 0.100. The molecule has 0 saturated carbocycles. The summed E-state index contributed by atoms with van der Waals surface area (Å²) in [6.45, 7) is 0. The summed E-state index contributed by atoms with van der Waals surface area (Å²) in [5.74, 6) is 0.439. The molecule has 0 bridgehead atoms. The van der Waals surface area contributed by atoms with E-state index >= 15 is 0 Å². The van der Waals surface area contributed by atoms with Crippen LogP contribution in [0.4, 0.5) is 16.0 Å². The molecule has 1 aromatic carbocycles. The third-order valence-electron chi connectivity index (χ3n) is 2.00. The molecule has 5 heteroatoms. The lowest BCUT2D eigenvalue weighted by Crippen LogP contribution is -1.98. The van der Waals surface area contributed by atoms with E-state index in [-0.39, 0.29) is 5.82 Å². The Bertz CT molecular complexity index is 481. The van der Waals surface area contributed by atoms with Crippen LogP contribution in [0.2, 0.25) is 0 Å². The SMILES string of the molecule is Cn1ccnc1Nc1ccc(F)c(Br)c1. The van der Waals surface area contributed by atoms with E-state index in [0.29, 0.717) is 10.4 Å². The van der Waals surface area contributed by atoms with Crippen molar-refractivity contribution >= 4 is 27.6 Å². The van der Waals surface area contributed by atoms with E-state index < -0.39 is 0 Å². The zero-order valence-electron chi connectivity index (χ0n) is 8.04. The highest BCUT2D eigenvalue weighted by Crippen LogP contribution is 2.22. The van der Waals surface area contributed by atoms with Crippen molar-refractivity contribution in [1.82, 2.24) is 9.55 Å². The maximum Gasteiger partial charge on any atom is 0.207 e. The number of anilines is 2. The fourth-order valence-corrected chi connectivity index (χ4v) is 1.57. The van der Waals surface area contributed by atoms with Crippen LogP contribution in [0.1, 0.15) is 0 Å². The maximum atomic E-state index is 13.0. The Hall–Kier alpha value is -1.36. The van der Waals surface area contributed by atoms with Gasteiger partial charge in [0.15, 0.2) is 0 Å². The predicted molar refractivity (Wildman–Crippen MR) is 60.6 cm³/mol. The highest BCUT2D eigenvalue weighted by molar-refractivity contribution is 9.10. The molecule has 15 heavy (non-hydrogen) atoms. The van der Waals surface area contributed by atoms with E-state index in [1.165, 1.54) is 6.07 Å². The van der Waals surface area contributed by atoms with Crippen LogP contribution >= 0.6 is 15.9 Å². The van der Waals surface area contributed by atoms with E-state index in [2.05, 4.69) is 26.2 Å². The summed E-state index contributed by atoms with van der Waals surface area (Å²) in [5, 5.41) is 3.08. The minimum Gasteiger partial charge on any atom is -0.326 e. The number of rotatable bonds is 2. The molecule has 0 amide bonds. The molecule has 1 N–H and O–H groups in total. The molecule has 0 aliphatic carbocycles. The van der Waals surface area contributed by atoms with E-state index in [1.54, 1.807) is 18.3 Å². The number of aryl methyl sites for hydroxylation is 1. The zero-order valence-corrected chi connectivity index (χ0v) is 9.62. The first kappa shape index (κ1) is 10.2. The second-order valence-corrected chi connectivity index (χ2v) is 3.97. The normalized spacial score (nSPS) is 10.3. The zero-order chi connectivity index (χ0) is 10.8. The topological polar surface area (TPSA) is 29.9 Å². The van der Waals surface area contributed by atoms with Crippen LogP contribution in [0.25, 0.3) is 0 Å². The molecule has 0 spiro atoms. The van der Waals surface area contributed by atoms with E-state index in [0.717, 1.165) is 5.69 Å². The molecule has 0 atom stereocenters. The molecule has 0 saturated heterocycles. The highest BCUT2D eigenvalue weighted by Gasteiger charge is 2.02. The van der Waals surface area contributed by atoms with Crippen molar-refractivity contribution in [2.75, 3.05) is 5.32 Å². The van der Waals surface area contributed by atoms with Gasteiger partial charge in [-0.05, 0) is 34.1 Å². The molecule has 0 aliphatic heterocycles. The Morgan fingerprint density at radius 2 is 2.27 bits per heavy atom. The van der Waals surface area contributed by atoms with Crippen molar-refractivity contribution in [3.63, 3.8) is 0 Å². The van der Waals surface area contributed by atoms with E-state index in [1.807, 2.05) is 17.8 Å². The van der Waals surface area contributed by atoms with E-state index in [4.69, 9.17) is 0 Å². The van der Waals surface area contributed by atoms with Crippen molar-refractivity contribution in [2.45, 2.75) is 0 Å². The van der Waals surface area contributed by atoms with Crippen molar-refractivity contribution in [1.29, 1.82) is 0 Å². The molecule has 0 unspecified atom stereocenters. The van der Waals surface area contributed by atoms with Crippen molar-refractivity contribution in [2.24, 2.45) is 7.05 Å². The number of nitrogens with one attached hydrogen (secondary N) is 1. The van der Waals surface area contributed by atoms with Gasteiger partial charge in [-0.2, -0.15) is 0 Å². The Morgan fingerprint density at radius 3 is 2.87 bits per heavy atom. The number of hydrogen-bond acceptors (Lipinski definition) is 2. The molecule has 0 fully saturated rings. The highest BCUT2D eigenvalue weighted by atomic mass is 79.9. The van der Waals surface area contributed by atoms with Gasteiger partial charge in [-0.15, -0.1) is 0 Å². The minimum absolute atomic E-state index is 0.277. The summed E-state index contributed by atoms with van der Waals surface area (Å²) in [6, 6.07) is 4.73. The summed E-state index contributed by atoms with van der Waals surface area (Å²) in [6.07, 6.45) is 3.53. The van der Waals surface area contributed by atoms with Gasteiger partial charge >= 0.3 is 0 Å². The Labute approximate surface area is 95.1 Å². The average Bonchev–Trinajstić information content (AvgIpc) is 2.59. The first-order valence-electron chi connectivity index (χ1n) is 4.36. The van der Waals surface area contributed by atoms with Crippen LogP contribution in [-0.2, 0) is 7.05 Å². The molecule has 2 rings (SSSR count). The Kier molecular flexibility index (Phi) is 2.73. The van der Waals surface area contributed by atoms with Crippen LogP contribution in [0.5, 0.6) is 0 Å². The lowest BCUT2D eigenvalue weighted by atomic mass is 10.3. The maximum absolute atomic E-state index is 13.0. The summed E-state index contributed by atoms with van der Waals surface area (Å²) in [5.41, 5.74) is 0.789. The van der Waals surface area contributed by atoms with Gasteiger partial charge in [0.1, 0.15) is 5.82 Å². The van der Waals surface area contributed by atoms with Gasteiger partial charge < -0.3 is 9.88 Å². The lowest BCUT2D eigenvalue weighted by molar-refractivity contribution is 0.621. The largest absolute Gasteiger partial charge is 0.326 e. The smallest absolute Gasteiger partial charge is 0.207 e. The van der Waals surface area contributed by atoms with Gasteiger partial charge in [0.25, 0.3) is 0 Å². The Balaban J connectivity index is 2.25. The van der Waals surface area contributed by atoms with Gasteiger partial charge in [-0.1, -0.05) is 0 Å². The van der Waals surface area contributed by atoms with Gasteiger partial charge in [0.2, 0.25) is 5.95 Å². The monoisotopic (exact) mass is 269 g/mol. The molecule has 3 nitrogen and oxygen atoms in total. The Morgan fingerprint density at radius 1 is 1.47 bits per heavy atom. The van der Waals surface area contributed by atoms with Crippen LogP contribution in [0.15, 0.2) is 35.1 Å².